The van der Waals surface area contributed by atoms with Gasteiger partial charge in [-0.25, -0.2) is 4.18 Å². The third-order valence-electron chi connectivity index (χ3n) is 3.90. The Balaban J connectivity index is 2.17. The molecule has 1 fully saturated rings. The summed E-state index contributed by atoms with van der Waals surface area (Å²) in [6.07, 6.45) is 0.325. The van der Waals surface area contributed by atoms with Gasteiger partial charge >= 0.3 is 10.3 Å². The summed E-state index contributed by atoms with van der Waals surface area (Å²) in [5.74, 6) is -0.800. The molecule has 0 aliphatic carbocycles. The molecule has 6 nitrogen and oxygen atoms in total. The van der Waals surface area contributed by atoms with Gasteiger partial charge in [0.1, 0.15) is 6.10 Å². The van der Waals surface area contributed by atoms with Gasteiger partial charge in [-0.05, 0) is 18.4 Å². The van der Waals surface area contributed by atoms with Crippen molar-refractivity contribution in [2.24, 2.45) is 0 Å². The molecule has 0 amide bonds. The van der Waals surface area contributed by atoms with Crippen LogP contribution in [0.15, 0.2) is 30.3 Å². The maximum atomic E-state index is 11.9. The van der Waals surface area contributed by atoms with Crippen LogP contribution in [0.4, 0.5) is 0 Å². The van der Waals surface area contributed by atoms with Gasteiger partial charge in [0.2, 0.25) is 6.29 Å². The van der Waals surface area contributed by atoms with Crippen molar-refractivity contribution in [2.45, 2.75) is 58.2 Å². The highest BCUT2D eigenvalue weighted by atomic mass is 32.2. The standard InChI is InChI=1S/C16H25NO5S/c1-4-16(5-2)20-14(12-13-10-8-7-9-11-13)15(21-16)22-23(18,19)17-6-3/h7-11,14-15,17H,4-6,12H2,1-3H3. The monoisotopic (exact) mass is 343 g/mol. The van der Waals surface area contributed by atoms with Crippen molar-refractivity contribution in [3.05, 3.63) is 35.9 Å². The third-order valence-corrected chi connectivity index (χ3v) is 4.99. The van der Waals surface area contributed by atoms with E-state index in [1.165, 1.54) is 0 Å². The summed E-state index contributed by atoms with van der Waals surface area (Å²) >= 11 is 0. The molecule has 1 aromatic carbocycles. The molecule has 2 unspecified atom stereocenters. The van der Waals surface area contributed by atoms with Crippen molar-refractivity contribution in [3.8, 4) is 0 Å². The molecular weight excluding hydrogens is 318 g/mol. The van der Waals surface area contributed by atoms with E-state index in [9.17, 15) is 8.42 Å². The van der Waals surface area contributed by atoms with Gasteiger partial charge < -0.3 is 9.47 Å². The van der Waals surface area contributed by atoms with Gasteiger partial charge in [-0.1, -0.05) is 51.1 Å². The van der Waals surface area contributed by atoms with Gasteiger partial charge in [-0.2, -0.15) is 13.1 Å². The van der Waals surface area contributed by atoms with Crippen LogP contribution in [-0.2, 0) is 30.4 Å². The predicted octanol–water partition coefficient (Wildman–Crippen LogP) is 2.36. The van der Waals surface area contributed by atoms with Gasteiger partial charge in [0, 0.05) is 13.0 Å². The highest BCUT2D eigenvalue weighted by Crippen LogP contribution is 2.36. The van der Waals surface area contributed by atoms with Crippen LogP contribution in [0.25, 0.3) is 0 Å². The fourth-order valence-corrected chi connectivity index (χ4v) is 3.47. The number of ether oxygens (including phenoxy) is 2. The lowest BCUT2D eigenvalue weighted by atomic mass is 10.1. The van der Waals surface area contributed by atoms with Crippen LogP contribution in [0, 0.1) is 0 Å². The molecule has 1 aliphatic rings. The van der Waals surface area contributed by atoms with Gasteiger partial charge in [-0.3, -0.25) is 0 Å². The minimum absolute atomic E-state index is 0.256. The van der Waals surface area contributed by atoms with E-state index < -0.39 is 28.5 Å². The summed E-state index contributed by atoms with van der Waals surface area (Å²) in [7, 11) is -3.86. The molecule has 0 saturated carbocycles. The Kier molecular flexibility index (Phi) is 6.16. The second-order valence-electron chi connectivity index (χ2n) is 5.50. The number of rotatable bonds is 8. The van der Waals surface area contributed by atoms with Crippen LogP contribution in [0.5, 0.6) is 0 Å². The lowest BCUT2D eigenvalue weighted by molar-refractivity contribution is -0.196. The minimum atomic E-state index is -3.86. The molecule has 23 heavy (non-hydrogen) atoms. The summed E-state index contributed by atoms with van der Waals surface area (Å²) in [5, 5.41) is 0. The van der Waals surface area contributed by atoms with E-state index in [0.717, 1.165) is 5.56 Å². The molecule has 0 spiro atoms. The summed E-state index contributed by atoms with van der Waals surface area (Å²) in [4.78, 5) is 0. The van der Waals surface area contributed by atoms with Crippen molar-refractivity contribution >= 4 is 10.3 Å². The number of nitrogens with one attached hydrogen (secondary N) is 1. The third kappa shape index (κ3) is 4.74. The number of hydrogen-bond donors (Lipinski definition) is 1. The topological polar surface area (TPSA) is 73.9 Å². The fourth-order valence-electron chi connectivity index (χ4n) is 2.63. The minimum Gasteiger partial charge on any atom is -0.341 e. The van der Waals surface area contributed by atoms with Crippen molar-refractivity contribution in [1.29, 1.82) is 0 Å². The average molecular weight is 343 g/mol. The largest absolute Gasteiger partial charge is 0.341 e. The zero-order valence-corrected chi connectivity index (χ0v) is 14.6. The molecule has 7 heteroatoms. The fraction of sp³-hybridized carbons (Fsp3) is 0.625. The molecule has 1 aliphatic heterocycles. The Morgan fingerprint density at radius 3 is 2.35 bits per heavy atom. The van der Waals surface area contributed by atoms with Crippen molar-refractivity contribution < 1.29 is 22.1 Å². The lowest BCUT2D eigenvalue weighted by Gasteiger charge is -2.24. The van der Waals surface area contributed by atoms with E-state index in [2.05, 4.69) is 4.72 Å². The molecule has 1 N–H and O–H groups in total. The molecule has 0 bridgehead atoms. The van der Waals surface area contributed by atoms with Crippen LogP contribution in [0.1, 0.15) is 39.2 Å². The molecule has 1 saturated heterocycles. The average Bonchev–Trinajstić information content (AvgIpc) is 2.86. The zero-order chi connectivity index (χ0) is 16.9. The molecule has 1 aromatic rings. The predicted molar refractivity (Wildman–Crippen MR) is 86.9 cm³/mol. The first kappa shape index (κ1) is 18.4. The first-order chi connectivity index (χ1) is 10.9. The van der Waals surface area contributed by atoms with Crippen LogP contribution in [0.2, 0.25) is 0 Å². The van der Waals surface area contributed by atoms with Crippen LogP contribution >= 0.6 is 0 Å². The molecule has 0 aromatic heterocycles. The van der Waals surface area contributed by atoms with Gasteiger partial charge in [0.25, 0.3) is 0 Å². The Bertz CT molecular complexity index is 586. The smallest absolute Gasteiger partial charge is 0.338 e. The first-order valence-electron chi connectivity index (χ1n) is 8.01. The van der Waals surface area contributed by atoms with Gasteiger partial charge in [0.15, 0.2) is 5.79 Å². The number of benzene rings is 1. The lowest BCUT2D eigenvalue weighted by Crippen LogP contribution is -2.36. The highest BCUT2D eigenvalue weighted by Gasteiger charge is 2.47. The van der Waals surface area contributed by atoms with E-state index >= 15 is 0 Å². The maximum Gasteiger partial charge on any atom is 0.338 e. The second-order valence-corrected chi connectivity index (χ2v) is 6.89. The van der Waals surface area contributed by atoms with Crippen LogP contribution in [-0.4, -0.2) is 33.1 Å². The maximum absolute atomic E-state index is 11.9. The van der Waals surface area contributed by atoms with Crippen molar-refractivity contribution in [2.75, 3.05) is 6.54 Å². The van der Waals surface area contributed by atoms with E-state index in [4.69, 9.17) is 13.7 Å². The quantitative estimate of drug-likeness (QED) is 0.784. The first-order valence-corrected chi connectivity index (χ1v) is 9.42. The molecular formula is C16H25NO5S. The van der Waals surface area contributed by atoms with E-state index in [0.29, 0.717) is 19.3 Å². The molecule has 0 radical (unpaired) electrons. The molecule has 2 atom stereocenters. The molecule has 2 rings (SSSR count). The van der Waals surface area contributed by atoms with Gasteiger partial charge in [-0.15, -0.1) is 0 Å². The second kappa shape index (κ2) is 7.72. The summed E-state index contributed by atoms with van der Waals surface area (Å²) < 4.78 is 43.2. The van der Waals surface area contributed by atoms with E-state index in [-0.39, 0.29) is 6.54 Å². The van der Waals surface area contributed by atoms with Crippen LogP contribution in [0.3, 0.4) is 0 Å². The highest BCUT2D eigenvalue weighted by molar-refractivity contribution is 7.84. The zero-order valence-electron chi connectivity index (χ0n) is 13.8. The number of hydrogen-bond acceptors (Lipinski definition) is 5. The van der Waals surface area contributed by atoms with E-state index in [1.54, 1.807) is 6.92 Å². The summed E-state index contributed by atoms with van der Waals surface area (Å²) in [6.45, 7) is 5.84. The van der Waals surface area contributed by atoms with Crippen LogP contribution < -0.4 is 4.72 Å². The SMILES string of the molecule is CCNS(=O)(=O)OC1OC(CC)(CC)OC1Cc1ccccc1. The van der Waals surface area contributed by atoms with E-state index in [1.807, 2.05) is 44.2 Å². The Morgan fingerprint density at radius 2 is 1.78 bits per heavy atom. The Labute approximate surface area is 138 Å². The Hall–Kier alpha value is -0.990. The Morgan fingerprint density at radius 1 is 1.13 bits per heavy atom. The summed E-state index contributed by atoms with van der Waals surface area (Å²) in [6, 6.07) is 9.74. The summed E-state index contributed by atoms with van der Waals surface area (Å²) in [5.41, 5.74) is 1.04. The normalized spacial score (nSPS) is 24.0. The molecule has 1 heterocycles. The van der Waals surface area contributed by atoms with Crippen molar-refractivity contribution in [3.63, 3.8) is 0 Å². The molecule has 130 valence electrons. The van der Waals surface area contributed by atoms with Crippen molar-refractivity contribution in [1.82, 2.24) is 4.72 Å². The van der Waals surface area contributed by atoms with Gasteiger partial charge in [0.05, 0.1) is 0 Å².